The van der Waals surface area contributed by atoms with Crippen LogP contribution in [-0.4, -0.2) is 54.6 Å². The van der Waals surface area contributed by atoms with Gasteiger partial charge in [-0.2, -0.15) is 0 Å². The van der Waals surface area contributed by atoms with Crippen molar-refractivity contribution in [3.8, 4) is 12.3 Å². The molecule has 0 bridgehead atoms. The second-order valence-corrected chi connectivity index (χ2v) is 5.97. The summed E-state index contributed by atoms with van der Waals surface area (Å²) in [4.78, 5) is 12.8. The Morgan fingerprint density at radius 1 is 1.30 bits per heavy atom. The summed E-state index contributed by atoms with van der Waals surface area (Å²) in [5.41, 5.74) is 1.12. The first-order valence-corrected chi connectivity index (χ1v) is 7.58. The molecule has 2 fully saturated rings. The van der Waals surface area contributed by atoms with Crippen LogP contribution in [0.5, 0.6) is 0 Å². The molecule has 1 aliphatic heterocycles. The number of hydrogen-bond acceptors (Lipinski definition) is 7. The Hall–Kier alpha value is -2.21. The minimum absolute atomic E-state index is 0.521. The SMILES string of the molecule is C#C[C@H]1OC(n2cnc3c(NCC4CC4)ncnc32)C(O)[C@@H]1O. The molecule has 0 amide bonds. The van der Waals surface area contributed by atoms with Crippen molar-refractivity contribution in [1.82, 2.24) is 19.5 Å². The third kappa shape index (κ3) is 2.43. The van der Waals surface area contributed by atoms with Gasteiger partial charge in [-0.15, -0.1) is 6.42 Å². The number of fused-ring (bicyclic) bond motifs is 1. The van der Waals surface area contributed by atoms with E-state index < -0.39 is 24.5 Å². The van der Waals surface area contributed by atoms with E-state index in [0.717, 1.165) is 6.54 Å². The van der Waals surface area contributed by atoms with E-state index in [1.54, 1.807) is 4.57 Å². The number of terminal acetylenes is 1. The largest absolute Gasteiger partial charge is 0.386 e. The summed E-state index contributed by atoms with van der Waals surface area (Å²) in [6.45, 7) is 0.861. The first kappa shape index (κ1) is 14.4. The van der Waals surface area contributed by atoms with Gasteiger partial charge in [0.2, 0.25) is 0 Å². The molecule has 0 aromatic carbocycles. The van der Waals surface area contributed by atoms with Gasteiger partial charge >= 0.3 is 0 Å². The van der Waals surface area contributed by atoms with Crippen LogP contribution in [0.4, 0.5) is 5.82 Å². The maximum absolute atomic E-state index is 10.2. The monoisotopic (exact) mass is 315 g/mol. The zero-order valence-electron chi connectivity index (χ0n) is 12.3. The number of imidazole rings is 1. The molecule has 4 atom stereocenters. The third-order valence-electron chi connectivity index (χ3n) is 4.29. The number of aliphatic hydroxyl groups excluding tert-OH is 2. The second-order valence-electron chi connectivity index (χ2n) is 5.97. The van der Waals surface area contributed by atoms with Crippen molar-refractivity contribution in [1.29, 1.82) is 0 Å². The van der Waals surface area contributed by atoms with Gasteiger partial charge in [-0.1, -0.05) is 5.92 Å². The lowest BCUT2D eigenvalue weighted by molar-refractivity contribution is -0.0230. The Labute approximate surface area is 132 Å². The number of rotatable bonds is 4. The summed E-state index contributed by atoms with van der Waals surface area (Å²) in [6.07, 6.45) is 6.76. The maximum Gasteiger partial charge on any atom is 0.167 e. The average Bonchev–Trinajstić information content (AvgIpc) is 3.23. The molecule has 1 aliphatic carbocycles. The van der Waals surface area contributed by atoms with Crippen molar-refractivity contribution in [3.05, 3.63) is 12.7 Å². The van der Waals surface area contributed by atoms with Crippen LogP contribution in [-0.2, 0) is 4.74 Å². The van der Waals surface area contributed by atoms with Crippen LogP contribution in [0.15, 0.2) is 12.7 Å². The molecule has 120 valence electrons. The van der Waals surface area contributed by atoms with Gasteiger partial charge in [0.05, 0.1) is 6.33 Å². The summed E-state index contributed by atoms with van der Waals surface area (Å²) >= 11 is 0. The molecule has 3 heterocycles. The van der Waals surface area contributed by atoms with Gasteiger partial charge in [-0.3, -0.25) is 4.57 Å². The first-order valence-electron chi connectivity index (χ1n) is 7.58. The molecule has 2 aromatic heterocycles. The van der Waals surface area contributed by atoms with Gasteiger partial charge in [-0.25, -0.2) is 15.0 Å². The van der Waals surface area contributed by atoms with Crippen LogP contribution in [0.3, 0.4) is 0 Å². The van der Waals surface area contributed by atoms with E-state index in [2.05, 4.69) is 26.2 Å². The highest BCUT2D eigenvalue weighted by molar-refractivity contribution is 5.82. The van der Waals surface area contributed by atoms with Crippen molar-refractivity contribution >= 4 is 17.0 Å². The van der Waals surface area contributed by atoms with E-state index in [1.165, 1.54) is 25.5 Å². The molecule has 3 N–H and O–H groups in total. The summed E-state index contributed by atoms with van der Waals surface area (Å²) in [6, 6.07) is 0. The Balaban J connectivity index is 1.66. The smallest absolute Gasteiger partial charge is 0.167 e. The van der Waals surface area contributed by atoms with Gasteiger partial charge in [-0.05, 0) is 18.8 Å². The fourth-order valence-corrected chi connectivity index (χ4v) is 2.76. The van der Waals surface area contributed by atoms with E-state index in [0.29, 0.717) is 22.9 Å². The number of anilines is 1. The topological polar surface area (TPSA) is 105 Å². The first-order chi connectivity index (χ1) is 11.2. The lowest BCUT2D eigenvalue weighted by Gasteiger charge is -2.16. The van der Waals surface area contributed by atoms with Crippen LogP contribution in [0.25, 0.3) is 11.2 Å². The van der Waals surface area contributed by atoms with Crippen LogP contribution < -0.4 is 5.32 Å². The molecule has 2 aromatic rings. The molecule has 2 unspecified atom stereocenters. The van der Waals surface area contributed by atoms with Crippen molar-refractivity contribution in [2.24, 2.45) is 5.92 Å². The van der Waals surface area contributed by atoms with Gasteiger partial charge < -0.3 is 20.3 Å². The van der Waals surface area contributed by atoms with Gasteiger partial charge in [0.25, 0.3) is 0 Å². The average molecular weight is 315 g/mol. The van der Waals surface area contributed by atoms with Crippen LogP contribution in [0.2, 0.25) is 0 Å². The fraction of sp³-hybridized carbons (Fsp3) is 0.533. The number of nitrogens with zero attached hydrogens (tertiary/aromatic N) is 4. The predicted molar refractivity (Wildman–Crippen MR) is 81.3 cm³/mol. The highest BCUT2D eigenvalue weighted by Crippen LogP contribution is 2.33. The highest BCUT2D eigenvalue weighted by Gasteiger charge is 2.43. The quantitative estimate of drug-likeness (QED) is 0.677. The molecular weight excluding hydrogens is 298 g/mol. The van der Waals surface area contributed by atoms with Crippen LogP contribution in [0, 0.1) is 18.3 Å². The molecule has 4 rings (SSSR count). The molecule has 23 heavy (non-hydrogen) atoms. The normalized spacial score (nSPS) is 30.5. The van der Waals surface area contributed by atoms with E-state index in [9.17, 15) is 10.2 Å². The molecule has 8 heteroatoms. The third-order valence-corrected chi connectivity index (χ3v) is 4.29. The molecule has 1 saturated carbocycles. The number of nitrogens with one attached hydrogen (secondary N) is 1. The van der Waals surface area contributed by atoms with E-state index in [1.807, 2.05) is 0 Å². The van der Waals surface area contributed by atoms with Gasteiger partial charge in [0, 0.05) is 6.54 Å². The zero-order chi connectivity index (χ0) is 16.0. The van der Waals surface area contributed by atoms with E-state index in [-0.39, 0.29) is 0 Å². The standard InChI is InChI=1S/C15H17N5O3/c1-2-9-11(21)12(22)15(23-9)20-7-19-10-13(16-5-8-3-4-8)17-6-18-14(10)20/h1,6-9,11-12,15,21-22H,3-5H2,(H,16,17,18)/t9-,11-,12?,15?/m1/s1. The number of hydrogen-bond donors (Lipinski definition) is 3. The van der Waals surface area contributed by atoms with E-state index >= 15 is 0 Å². The zero-order valence-corrected chi connectivity index (χ0v) is 12.3. The molecule has 0 radical (unpaired) electrons. The summed E-state index contributed by atoms with van der Waals surface area (Å²) in [7, 11) is 0. The molecule has 0 spiro atoms. The lowest BCUT2D eigenvalue weighted by atomic mass is 10.1. The highest BCUT2D eigenvalue weighted by atomic mass is 16.6. The molecule has 2 aliphatic rings. The fourth-order valence-electron chi connectivity index (χ4n) is 2.76. The molecular formula is C15H17N5O3. The number of ether oxygens (including phenoxy) is 1. The Morgan fingerprint density at radius 2 is 2.13 bits per heavy atom. The summed E-state index contributed by atoms with van der Waals surface area (Å²) in [5, 5.41) is 23.4. The van der Waals surface area contributed by atoms with Crippen molar-refractivity contribution in [3.63, 3.8) is 0 Å². The van der Waals surface area contributed by atoms with Crippen molar-refractivity contribution < 1.29 is 14.9 Å². The van der Waals surface area contributed by atoms with Crippen LogP contribution in [0.1, 0.15) is 19.1 Å². The van der Waals surface area contributed by atoms with Crippen molar-refractivity contribution in [2.75, 3.05) is 11.9 Å². The summed E-state index contributed by atoms with van der Waals surface area (Å²) in [5.74, 6) is 3.68. The predicted octanol–water partition coefficient (Wildman–Crippen LogP) is -0.0994. The minimum atomic E-state index is -1.15. The molecule has 1 saturated heterocycles. The van der Waals surface area contributed by atoms with Gasteiger partial charge in [0.1, 0.15) is 24.6 Å². The minimum Gasteiger partial charge on any atom is -0.386 e. The number of aliphatic hydroxyl groups is 2. The molecule has 8 nitrogen and oxygen atoms in total. The van der Waals surface area contributed by atoms with Crippen LogP contribution >= 0.6 is 0 Å². The van der Waals surface area contributed by atoms with E-state index in [4.69, 9.17) is 11.2 Å². The maximum atomic E-state index is 10.2. The van der Waals surface area contributed by atoms with Gasteiger partial charge in [0.15, 0.2) is 23.2 Å². The van der Waals surface area contributed by atoms with Crippen molar-refractivity contribution in [2.45, 2.75) is 37.4 Å². The Morgan fingerprint density at radius 3 is 2.83 bits per heavy atom. The second kappa shape index (κ2) is 5.45. The number of aromatic nitrogens is 4. The Bertz CT molecular complexity index is 766. The lowest BCUT2D eigenvalue weighted by Crippen LogP contribution is -2.30. The summed E-state index contributed by atoms with van der Waals surface area (Å²) < 4.78 is 7.12. The Kier molecular flexibility index (Phi) is 3.41.